The van der Waals surface area contributed by atoms with Gasteiger partial charge in [0, 0.05) is 37.1 Å². The average molecular weight is 311 g/mol. The number of hydrogen-bond acceptors (Lipinski definition) is 4. The molecule has 0 spiro atoms. The molecule has 1 saturated heterocycles. The van der Waals surface area contributed by atoms with Crippen molar-refractivity contribution in [1.82, 2.24) is 15.3 Å². The summed E-state index contributed by atoms with van der Waals surface area (Å²) in [6.45, 7) is 1.29. The number of carbonyl (C=O) groups excluding carboxylic acids is 1. The Labute approximate surface area is 136 Å². The largest absolute Gasteiger partial charge is 0.379 e. The van der Waals surface area contributed by atoms with Gasteiger partial charge in [-0.1, -0.05) is 0 Å². The summed E-state index contributed by atoms with van der Waals surface area (Å²) in [6.07, 6.45) is 9.23. The molecule has 1 aliphatic rings. The lowest BCUT2D eigenvalue weighted by Gasteiger charge is -2.19. The maximum Gasteiger partial charge on any atom is 0.220 e. The molecule has 0 saturated carbocycles. The van der Waals surface area contributed by atoms with Gasteiger partial charge in [0.05, 0.1) is 19.3 Å². The van der Waals surface area contributed by atoms with Crippen LogP contribution in [0.5, 0.6) is 0 Å². The molecule has 0 unspecified atom stereocenters. The van der Waals surface area contributed by atoms with Crippen LogP contribution in [0.2, 0.25) is 0 Å². The van der Waals surface area contributed by atoms with E-state index in [-0.39, 0.29) is 11.9 Å². The molecule has 2 atom stereocenters. The summed E-state index contributed by atoms with van der Waals surface area (Å²) in [5.41, 5.74) is 2.36. The lowest BCUT2D eigenvalue weighted by molar-refractivity contribution is -0.122. The SMILES string of the molecule is O=C(CCc1ccncc1)N[C@@H]1COC[C@H]1Cc1ccncc1. The molecular weight excluding hydrogens is 290 g/mol. The van der Waals surface area contributed by atoms with Gasteiger partial charge in [-0.15, -0.1) is 0 Å². The highest BCUT2D eigenvalue weighted by Gasteiger charge is 2.29. The Morgan fingerprint density at radius 3 is 2.39 bits per heavy atom. The van der Waals surface area contributed by atoms with E-state index in [1.165, 1.54) is 5.56 Å². The minimum absolute atomic E-state index is 0.0806. The van der Waals surface area contributed by atoms with Crippen LogP contribution in [0.4, 0.5) is 0 Å². The van der Waals surface area contributed by atoms with E-state index in [2.05, 4.69) is 15.3 Å². The number of carbonyl (C=O) groups is 1. The quantitative estimate of drug-likeness (QED) is 0.883. The van der Waals surface area contributed by atoms with Gasteiger partial charge in [0.2, 0.25) is 5.91 Å². The van der Waals surface area contributed by atoms with Crippen LogP contribution < -0.4 is 5.32 Å². The first kappa shape index (κ1) is 15.6. The monoisotopic (exact) mass is 311 g/mol. The Bertz CT molecular complexity index is 619. The summed E-state index contributed by atoms with van der Waals surface area (Å²) < 4.78 is 5.57. The summed E-state index contributed by atoms with van der Waals surface area (Å²) in [6, 6.07) is 8.01. The van der Waals surface area contributed by atoms with E-state index in [0.29, 0.717) is 25.6 Å². The van der Waals surface area contributed by atoms with Crippen molar-refractivity contribution in [1.29, 1.82) is 0 Å². The van der Waals surface area contributed by atoms with Crippen LogP contribution in [0.1, 0.15) is 17.5 Å². The molecule has 1 amide bonds. The predicted octanol–water partition coefficient (Wildman–Crippen LogP) is 1.78. The van der Waals surface area contributed by atoms with E-state index >= 15 is 0 Å². The van der Waals surface area contributed by atoms with Crippen LogP contribution in [0.15, 0.2) is 49.1 Å². The Balaban J connectivity index is 1.49. The van der Waals surface area contributed by atoms with Crippen molar-refractivity contribution in [2.45, 2.75) is 25.3 Å². The number of hydrogen-bond donors (Lipinski definition) is 1. The first-order chi connectivity index (χ1) is 11.3. The zero-order chi connectivity index (χ0) is 15.9. The van der Waals surface area contributed by atoms with Gasteiger partial charge in [-0.3, -0.25) is 14.8 Å². The molecule has 5 heteroatoms. The summed E-state index contributed by atoms with van der Waals surface area (Å²) in [7, 11) is 0. The van der Waals surface area contributed by atoms with Crippen LogP contribution in [0.25, 0.3) is 0 Å². The fourth-order valence-corrected chi connectivity index (χ4v) is 2.87. The third-order valence-electron chi connectivity index (χ3n) is 4.18. The molecular formula is C18H21N3O2. The number of aromatic nitrogens is 2. The van der Waals surface area contributed by atoms with E-state index in [1.54, 1.807) is 24.8 Å². The van der Waals surface area contributed by atoms with E-state index in [9.17, 15) is 4.79 Å². The first-order valence-electron chi connectivity index (χ1n) is 7.96. The van der Waals surface area contributed by atoms with Crippen LogP contribution in [0.3, 0.4) is 0 Å². The summed E-state index contributed by atoms with van der Waals surface area (Å²) in [5, 5.41) is 3.12. The third-order valence-corrected chi connectivity index (χ3v) is 4.18. The number of nitrogens with zero attached hydrogens (tertiary/aromatic N) is 2. The van der Waals surface area contributed by atoms with Crippen molar-refractivity contribution in [2.75, 3.05) is 13.2 Å². The Kier molecular flexibility index (Phi) is 5.32. The molecule has 23 heavy (non-hydrogen) atoms. The molecule has 0 radical (unpaired) electrons. The number of nitrogens with one attached hydrogen (secondary N) is 1. The van der Waals surface area contributed by atoms with Gasteiger partial charge in [-0.2, -0.15) is 0 Å². The Morgan fingerprint density at radius 1 is 1.04 bits per heavy atom. The van der Waals surface area contributed by atoms with E-state index < -0.39 is 0 Å². The molecule has 0 aliphatic carbocycles. The van der Waals surface area contributed by atoms with Crippen molar-refractivity contribution in [3.05, 3.63) is 60.2 Å². The van der Waals surface area contributed by atoms with E-state index in [1.807, 2.05) is 24.3 Å². The smallest absolute Gasteiger partial charge is 0.220 e. The first-order valence-corrected chi connectivity index (χ1v) is 7.96. The third kappa shape index (κ3) is 4.60. The second-order valence-electron chi connectivity index (χ2n) is 5.89. The molecule has 3 rings (SSSR count). The summed E-state index contributed by atoms with van der Waals surface area (Å²) in [4.78, 5) is 20.2. The van der Waals surface area contributed by atoms with Gasteiger partial charge < -0.3 is 10.1 Å². The fraction of sp³-hybridized carbons (Fsp3) is 0.389. The fourth-order valence-electron chi connectivity index (χ4n) is 2.87. The molecule has 0 bridgehead atoms. The van der Waals surface area contributed by atoms with Crippen LogP contribution in [0, 0.1) is 5.92 Å². The number of aryl methyl sites for hydroxylation is 1. The molecule has 1 fully saturated rings. The van der Waals surface area contributed by atoms with Crippen molar-refractivity contribution < 1.29 is 9.53 Å². The molecule has 2 aromatic rings. The number of pyridine rings is 2. The van der Waals surface area contributed by atoms with E-state index in [4.69, 9.17) is 4.74 Å². The maximum atomic E-state index is 12.2. The second-order valence-corrected chi connectivity index (χ2v) is 5.89. The second kappa shape index (κ2) is 7.83. The van der Waals surface area contributed by atoms with Gasteiger partial charge in [0.1, 0.15) is 0 Å². The average Bonchev–Trinajstić information content (AvgIpc) is 3.02. The number of rotatable bonds is 6. The van der Waals surface area contributed by atoms with E-state index in [0.717, 1.165) is 18.4 Å². The van der Waals surface area contributed by atoms with Crippen LogP contribution >= 0.6 is 0 Å². The normalized spacial score (nSPS) is 20.3. The van der Waals surface area contributed by atoms with Crippen molar-refractivity contribution >= 4 is 5.91 Å². The zero-order valence-corrected chi connectivity index (χ0v) is 13.0. The Morgan fingerprint density at radius 2 is 1.70 bits per heavy atom. The van der Waals surface area contributed by atoms with Gasteiger partial charge in [-0.05, 0) is 48.2 Å². The highest BCUT2D eigenvalue weighted by Crippen LogP contribution is 2.19. The molecule has 1 N–H and O–H groups in total. The van der Waals surface area contributed by atoms with Crippen molar-refractivity contribution in [3.8, 4) is 0 Å². The Hall–Kier alpha value is -2.27. The minimum Gasteiger partial charge on any atom is -0.379 e. The predicted molar refractivity (Wildman–Crippen MR) is 86.7 cm³/mol. The lowest BCUT2D eigenvalue weighted by atomic mass is 9.95. The van der Waals surface area contributed by atoms with Crippen LogP contribution in [-0.2, 0) is 22.4 Å². The van der Waals surface area contributed by atoms with Gasteiger partial charge >= 0.3 is 0 Å². The summed E-state index contributed by atoms with van der Waals surface area (Å²) in [5.74, 6) is 0.402. The number of ether oxygens (including phenoxy) is 1. The maximum absolute atomic E-state index is 12.2. The molecule has 120 valence electrons. The van der Waals surface area contributed by atoms with Gasteiger partial charge in [-0.25, -0.2) is 0 Å². The van der Waals surface area contributed by atoms with Crippen molar-refractivity contribution in [2.24, 2.45) is 5.92 Å². The zero-order valence-electron chi connectivity index (χ0n) is 13.0. The van der Waals surface area contributed by atoms with Crippen LogP contribution in [-0.4, -0.2) is 35.1 Å². The molecule has 5 nitrogen and oxygen atoms in total. The van der Waals surface area contributed by atoms with Gasteiger partial charge in [0.25, 0.3) is 0 Å². The standard InChI is InChI=1S/C18H21N3O2/c22-18(2-1-14-3-7-19-8-4-14)21-17-13-23-12-16(17)11-15-5-9-20-10-6-15/h3-10,16-17H,1-2,11-13H2,(H,21,22)/t16-,17-/m1/s1. The molecule has 0 aromatic carbocycles. The number of amides is 1. The highest BCUT2D eigenvalue weighted by atomic mass is 16.5. The highest BCUT2D eigenvalue weighted by molar-refractivity contribution is 5.76. The summed E-state index contributed by atoms with van der Waals surface area (Å²) >= 11 is 0. The molecule has 3 heterocycles. The lowest BCUT2D eigenvalue weighted by Crippen LogP contribution is -2.40. The molecule has 2 aromatic heterocycles. The topological polar surface area (TPSA) is 64.1 Å². The van der Waals surface area contributed by atoms with Crippen molar-refractivity contribution in [3.63, 3.8) is 0 Å². The van der Waals surface area contributed by atoms with Gasteiger partial charge in [0.15, 0.2) is 0 Å². The molecule has 1 aliphatic heterocycles. The minimum atomic E-state index is 0.0806.